The maximum Gasteiger partial charge on any atom is 0.119 e. The molecule has 21 heavy (non-hydrogen) atoms. The smallest absolute Gasteiger partial charge is 0.119 e. The Bertz CT molecular complexity index is 746. The van der Waals surface area contributed by atoms with Crippen molar-refractivity contribution >= 4 is 10.9 Å². The molecule has 0 saturated carbocycles. The first-order valence-corrected chi connectivity index (χ1v) is 7.15. The molecular formula is C18H20N2O. The molecule has 1 aromatic heterocycles. The number of fused-ring (bicyclic) bond motifs is 1. The Morgan fingerprint density at radius 3 is 2.76 bits per heavy atom. The van der Waals surface area contributed by atoms with E-state index in [-0.39, 0.29) is 0 Å². The van der Waals surface area contributed by atoms with Gasteiger partial charge in [0, 0.05) is 24.8 Å². The van der Waals surface area contributed by atoms with Crippen molar-refractivity contribution in [2.24, 2.45) is 0 Å². The fourth-order valence-electron chi connectivity index (χ4n) is 2.65. The van der Waals surface area contributed by atoms with Gasteiger partial charge in [-0.15, -0.1) is 0 Å². The molecule has 0 aliphatic heterocycles. The van der Waals surface area contributed by atoms with E-state index in [1.165, 1.54) is 22.0 Å². The molecule has 0 aliphatic carbocycles. The van der Waals surface area contributed by atoms with Crippen LogP contribution in [0.25, 0.3) is 10.9 Å². The quantitative estimate of drug-likeness (QED) is 0.775. The Labute approximate surface area is 125 Å². The summed E-state index contributed by atoms with van der Waals surface area (Å²) in [4.78, 5) is 0. The standard InChI is InChI=1S/C18H20N2O/c1-19-12-14-6-7-16-8-9-20(18(16)11-14)13-15-4-3-5-17(10-15)21-2/h3-11,19H,12-13H2,1-2H3. The molecule has 3 rings (SSSR count). The van der Waals surface area contributed by atoms with Gasteiger partial charge >= 0.3 is 0 Å². The summed E-state index contributed by atoms with van der Waals surface area (Å²) in [6.45, 7) is 1.74. The molecule has 0 aliphatic rings. The first-order valence-electron chi connectivity index (χ1n) is 7.15. The summed E-state index contributed by atoms with van der Waals surface area (Å²) >= 11 is 0. The normalized spacial score (nSPS) is 11.0. The third-order valence-electron chi connectivity index (χ3n) is 3.71. The van der Waals surface area contributed by atoms with Crippen LogP contribution in [0.4, 0.5) is 0 Å². The van der Waals surface area contributed by atoms with Crippen molar-refractivity contribution < 1.29 is 4.74 Å². The third-order valence-corrected chi connectivity index (χ3v) is 3.71. The van der Waals surface area contributed by atoms with Gasteiger partial charge in [-0.3, -0.25) is 0 Å². The Kier molecular flexibility index (Phi) is 3.93. The van der Waals surface area contributed by atoms with Crippen molar-refractivity contribution in [3.05, 3.63) is 65.9 Å². The van der Waals surface area contributed by atoms with E-state index < -0.39 is 0 Å². The van der Waals surface area contributed by atoms with E-state index in [9.17, 15) is 0 Å². The maximum atomic E-state index is 5.30. The lowest BCUT2D eigenvalue weighted by atomic mass is 10.1. The van der Waals surface area contributed by atoms with Crippen molar-refractivity contribution in [2.45, 2.75) is 13.1 Å². The molecule has 1 N–H and O–H groups in total. The fraction of sp³-hybridized carbons (Fsp3) is 0.222. The number of hydrogen-bond acceptors (Lipinski definition) is 2. The van der Waals surface area contributed by atoms with Gasteiger partial charge in [-0.05, 0) is 47.8 Å². The molecule has 0 amide bonds. The summed E-state index contributed by atoms with van der Waals surface area (Å²) < 4.78 is 7.58. The first kappa shape index (κ1) is 13.7. The molecule has 0 bridgehead atoms. The zero-order valence-corrected chi connectivity index (χ0v) is 12.5. The zero-order chi connectivity index (χ0) is 14.7. The van der Waals surface area contributed by atoms with E-state index in [4.69, 9.17) is 4.74 Å². The van der Waals surface area contributed by atoms with E-state index >= 15 is 0 Å². The number of ether oxygens (including phenoxy) is 1. The molecule has 0 radical (unpaired) electrons. The van der Waals surface area contributed by atoms with Gasteiger partial charge in [-0.25, -0.2) is 0 Å². The average Bonchev–Trinajstić information content (AvgIpc) is 2.90. The number of methoxy groups -OCH3 is 1. The molecule has 2 aromatic carbocycles. The Hall–Kier alpha value is -2.26. The molecule has 3 heteroatoms. The summed E-state index contributed by atoms with van der Waals surface area (Å²) in [5.74, 6) is 0.903. The lowest BCUT2D eigenvalue weighted by Crippen LogP contribution is -2.05. The van der Waals surface area contributed by atoms with Crippen LogP contribution < -0.4 is 10.1 Å². The number of rotatable bonds is 5. The zero-order valence-electron chi connectivity index (χ0n) is 12.5. The highest BCUT2D eigenvalue weighted by molar-refractivity contribution is 5.81. The number of nitrogens with one attached hydrogen (secondary N) is 1. The van der Waals surface area contributed by atoms with Crippen LogP contribution in [0.2, 0.25) is 0 Å². The molecule has 0 fully saturated rings. The summed E-state index contributed by atoms with van der Waals surface area (Å²) in [6, 6.07) is 17.0. The minimum absolute atomic E-state index is 0.851. The minimum atomic E-state index is 0.851. The van der Waals surface area contributed by atoms with E-state index in [0.29, 0.717) is 0 Å². The molecule has 108 valence electrons. The molecule has 0 spiro atoms. The number of hydrogen-bond donors (Lipinski definition) is 1. The number of benzene rings is 2. The minimum Gasteiger partial charge on any atom is -0.497 e. The average molecular weight is 280 g/mol. The van der Waals surface area contributed by atoms with Crippen LogP contribution in [0.3, 0.4) is 0 Å². The third kappa shape index (κ3) is 2.93. The predicted octanol–water partition coefficient (Wildman–Crippen LogP) is 3.42. The van der Waals surface area contributed by atoms with Crippen molar-refractivity contribution in [1.29, 1.82) is 0 Å². The van der Waals surface area contributed by atoms with Crippen molar-refractivity contribution in [3.8, 4) is 5.75 Å². The lowest BCUT2D eigenvalue weighted by molar-refractivity contribution is 0.414. The van der Waals surface area contributed by atoms with E-state index in [1.807, 2.05) is 19.2 Å². The van der Waals surface area contributed by atoms with Crippen LogP contribution in [0.15, 0.2) is 54.7 Å². The van der Waals surface area contributed by atoms with Crippen LogP contribution in [-0.2, 0) is 13.1 Å². The van der Waals surface area contributed by atoms with Gasteiger partial charge in [0.15, 0.2) is 0 Å². The summed E-state index contributed by atoms with van der Waals surface area (Å²) in [7, 11) is 3.67. The van der Waals surface area contributed by atoms with Crippen molar-refractivity contribution in [2.75, 3.05) is 14.2 Å². The SMILES string of the molecule is CNCc1ccc2ccn(Cc3cccc(OC)c3)c2c1. The highest BCUT2D eigenvalue weighted by Crippen LogP contribution is 2.20. The van der Waals surface area contributed by atoms with Gasteiger partial charge in [-0.2, -0.15) is 0 Å². The van der Waals surface area contributed by atoms with Crippen LogP contribution in [0.5, 0.6) is 5.75 Å². The second-order valence-corrected chi connectivity index (χ2v) is 5.22. The monoisotopic (exact) mass is 280 g/mol. The fourth-order valence-corrected chi connectivity index (χ4v) is 2.65. The van der Waals surface area contributed by atoms with Crippen LogP contribution in [0, 0.1) is 0 Å². The molecule has 0 unspecified atom stereocenters. The lowest BCUT2D eigenvalue weighted by Gasteiger charge is -2.08. The van der Waals surface area contributed by atoms with Gasteiger partial charge in [0.25, 0.3) is 0 Å². The Morgan fingerprint density at radius 1 is 1.05 bits per heavy atom. The van der Waals surface area contributed by atoms with Gasteiger partial charge in [0.1, 0.15) is 5.75 Å². The van der Waals surface area contributed by atoms with Gasteiger partial charge in [0.2, 0.25) is 0 Å². The molecular weight excluding hydrogens is 260 g/mol. The largest absolute Gasteiger partial charge is 0.497 e. The maximum absolute atomic E-state index is 5.30. The highest BCUT2D eigenvalue weighted by atomic mass is 16.5. The second kappa shape index (κ2) is 6.02. The summed E-state index contributed by atoms with van der Waals surface area (Å²) in [5, 5.41) is 4.48. The first-order chi connectivity index (χ1) is 10.3. The van der Waals surface area contributed by atoms with E-state index in [0.717, 1.165) is 18.8 Å². The predicted molar refractivity (Wildman–Crippen MR) is 86.8 cm³/mol. The molecule has 3 aromatic rings. The second-order valence-electron chi connectivity index (χ2n) is 5.22. The van der Waals surface area contributed by atoms with Gasteiger partial charge < -0.3 is 14.6 Å². The highest BCUT2D eigenvalue weighted by Gasteiger charge is 2.04. The van der Waals surface area contributed by atoms with Gasteiger partial charge in [0.05, 0.1) is 7.11 Å². The molecule has 3 nitrogen and oxygen atoms in total. The van der Waals surface area contributed by atoms with Crippen LogP contribution in [0.1, 0.15) is 11.1 Å². The Morgan fingerprint density at radius 2 is 1.95 bits per heavy atom. The number of nitrogens with zero attached hydrogens (tertiary/aromatic N) is 1. The number of aromatic nitrogens is 1. The topological polar surface area (TPSA) is 26.2 Å². The van der Waals surface area contributed by atoms with Crippen molar-refractivity contribution in [1.82, 2.24) is 9.88 Å². The molecule has 1 heterocycles. The van der Waals surface area contributed by atoms with Crippen LogP contribution >= 0.6 is 0 Å². The molecule has 0 atom stereocenters. The van der Waals surface area contributed by atoms with E-state index in [1.54, 1.807) is 7.11 Å². The summed E-state index contributed by atoms with van der Waals surface area (Å²) in [6.07, 6.45) is 2.15. The molecule has 0 saturated heterocycles. The summed E-state index contributed by atoms with van der Waals surface area (Å²) in [5.41, 5.74) is 3.81. The van der Waals surface area contributed by atoms with Crippen molar-refractivity contribution in [3.63, 3.8) is 0 Å². The van der Waals surface area contributed by atoms with E-state index in [2.05, 4.69) is 52.5 Å². The Balaban J connectivity index is 1.94. The van der Waals surface area contributed by atoms with Gasteiger partial charge in [-0.1, -0.05) is 24.3 Å². The van der Waals surface area contributed by atoms with Crippen LogP contribution in [-0.4, -0.2) is 18.7 Å².